The Kier molecular flexibility index (Phi) is 5.95. The molecule has 2 heterocycles. The fraction of sp³-hybridized carbons (Fsp3) is 0.250. The molecule has 0 saturated carbocycles. The SMILES string of the molecule is C=CCN1C(=O)c2[nH]nc(-c3cc(Cl)c(C)cc3O)c2C1c1cc(OC)c(OC)c(OC)c1. The van der Waals surface area contributed by atoms with E-state index in [9.17, 15) is 9.90 Å². The first kappa shape index (κ1) is 22.5. The lowest BCUT2D eigenvalue weighted by Gasteiger charge is -2.26. The number of phenolic OH excluding ortho intramolecular Hbond substituents is 1. The van der Waals surface area contributed by atoms with Gasteiger partial charge >= 0.3 is 0 Å². The highest BCUT2D eigenvalue weighted by atomic mass is 35.5. The number of nitrogens with zero attached hydrogens (tertiary/aromatic N) is 2. The van der Waals surface area contributed by atoms with E-state index in [4.69, 9.17) is 25.8 Å². The molecule has 1 aliphatic rings. The number of ether oxygens (including phenoxy) is 3. The molecular formula is C24H24ClN3O5. The molecule has 33 heavy (non-hydrogen) atoms. The molecule has 0 saturated heterocycles. The number of nitrogens with one attached hydrogen (secondary N) is 1. The summed E-state index contributed by atoms with van der Waals surface area (Å²) < 4.78 is 16.5. The number of phenols is 1. The number of rotatable bonds is 7. The summed E-state index contributed by atoms with van der Waals surface area (Å²) in [5.41, 5.74) is 3.26. The summed E-state index contributed by atoms with van der Waals surface area (Å²) >= 11 is 6.34. The van der Waals surface area contributed by atoms with Crippen LogP contribution in [-0.2, 0) is 0 Å². The Morgan fingerprint density at radius 1 is 1.18 bits per heavy atom. The van der Waals surface area contributed by atoms with Crippen molar-refractivity contribution >= 4 is 17.5 Å². The molecule has 9 heteroatoms. The van der Waals surface area contributed by atoms with Crippen LogP contribution in [0.3, 0.4) is 0 Å². The number of carbonyl (C=O) groups is 1. The van der Waals surface area contributed by atoms with Gasteiger partial charge in [0.15, 0.2) is 11.5 Å². The Labute approximate surface area is 196 Å². The van der Waals surface area contributed by atoms with Gasteiger partial charge < -0.3 is 24.2 Å². The smallest absolute Gasteiger partial charge is 0.273 e. The van der Waals surface area contributed by atoms with Gasteiger partial charge in [0.25, 0.3) is 5.91 Å². The molecule has 3 aromatic rings. The molecule has 4 rings (SSSR count). The van der Waals surface area contributed by atoms with Crippen LogP contribution < -0.4 is 14.2 Å². The van der Waals surface area contributed by atoms with Gasteiger partial charge in [0.05, 0.1) is 27.4 Å². The Hall–Kier alpha value is -3.65. The molecule has 1 unspecified atom stereocenters. The van der Waals surface area contributed by atoms with Crippen LogP contribution in [0.1, 0.15) is 33.2 Å². The average Bonchev–Trinajstić information content (AvgIpc) is 3.34. The van der Waals surface area contributed by atoms with Gasteiger partial charge in [-0.05, 0) is 42.3 Å². The molecule has 1 aromatic heterocycles. The van der Waals surface area contributed by atoms with E-state index < -0.39 is 6.04 Å². The maximum Gasteiger partial charge on any atom is 0.273 e. The van der Waals surface area contributed by atoms with E-state index in [-0.39, 0.29) is 11.7 Å². The summed E-state index contributed by atoms with van der Waals surface area (Å²) in [4.78, 5) is 14.9. The van der Waals surface area contributed by atoms with E-state index in [0.29, 0.717) is 51.3 Å². The molecule has 2 aromatic carbocycles. The van der Waals surface area contributed by atoms with E-state index in [1.54, 1.807) is 42.2 Å². The summed E-state index contributed by atoms with van der Waals surface area (Å²) in [7, 11) is 4.59. The van der Waals surface area contributed by atoms with E-state index in [2.05, 4.69) is 16.8 Å². The fourth-order valence-electron chi connectivity index (χ4n) is 4.19. The zero-order valence-corrected chi connectivity index (χ0v) is 19.5. The monoisotopic (exact) mass is 469 g/mol. The lowest BCUT2D eigenvalue weighted by molar-refractivity contribution is 0.0764. The second kappa shape index (κ2) is 8.71. The molecule has 0 spiro atoms. The minimum atomic E-state index is -0.549. The van der Waals surface area contributed by atoms with Crippen LogP contribution in [0.15, 0.2) is 36.9 Å². The molecular weight excluding hydrogens is 446 g/mol. The highest BCUT2D eigenvalue weighted by molar-refractivity contribution is 6.31. The molecule has 2 N–H and O–H groups in total. The molecule has 0 bridgehead atoms. The summed E-state index contributed by atoms with van der Waals surface area (Å²) in [5, 5.41) is 18.4. The van der Waals surface area contributed by atoms with E-state index in [1.807, 2.05) is 0 Å². The quantitative estimate of drug-likeness (QED) is 0.494. The van der Waals surface area contributed by atoms with Gasteiger partial charge in [-0.3, -0.25) is 9.89 Å². The maximum absolute atomic E-state index is 13.3. The highest BCUT2D eigenvalue weighted by Crippen LogP contribution is 2.48. The number of H-pyrrole nitrogens is 1. The van der Waals surface area contributed by atoms with Crippen LogP contribution in [0.2, 0.25) is 5.02 Å². The van der Waals surface area contributed by atoms with Gasteiger partial charge in [0, 0.05) is 22.7 Å². The average molecular weight is 470 g/mol. The summed E-state index contributed by atoms with van der Waals surface area (Å²) in [6.07, 6.45) is 1.65. The van der Waals surface area contributed by atoms with Gasteiger partial charge in [-0.1, -0.05) is 17.7 Å². The van der Waals surface area contributed by atoms with Crippen molar-refractivity contribution in [3.05, 3.63) is 64.3 Å². The number of fused-ring (bicyclic) bond motifs is 1. The third-order valence-electron chi connectivity index (χ3n) is 5.72. The van der Waals surface area contributed by atoms with E-state index in [1.165, 1.54) is 21.3 Å². The summed E-state index contributed by atoms with van der Waals surface area (Å²) in [5.74, 6) is 1.14. The molecule has 8 nitrogen and oxygen atoms in total. The number of methoxy groups -OCH3 is 3. The standard InChI is InChI=1S/C24H24ClN3O5/c1-6-7-28-22(13-9-17(31-3)23(33-5)18(10-13)32-4)19-20(26-27-21(19)24(28)30)14-11-15(25)12(2)8-16(14)29/h6,8-11,22,29H,1,7H2,2-5H3,(H,26,27). The first-order chi connectivity index (χ1) is 15.9. The molecule has 1 amide bonds. The Balaban J connectivity index is 1.98. The largest absolute Gasteiger partial charge is 0.507 e. The molecule has 1 aliphatic heterocycles. The molecule has 0 fully saturated rings. The number of aromatic amines is 1. The van der Waals surface area contributed by atoms with Crippen LogP contribution in [0.25, 0.3) is 11.3 Å². The molecule has 0 radical (unpaired) electrons. The topological polar surface area (TPSA) is 96.9 Å². The first-order valence-corrected chi connectivity index (χ1v) is 10.5. The number of amides is 1. The second-order valence-corrected chi connectivity index (χ2v) is 7.99. The molecule has 1 atom stereocenters. The van der Waals surface area contributed by atoms with Crippen LogP contribution in [0.5, 0.6) is 23.0 Å². The zero-order valence-electron chi connectivity index (χ0n) is 18.7. The number of carbonyl (C=O) groups excluding carboxylic acids is 1. The predicted octanol–water partition coefficient (Wildman–Crippen LogP) is 4.50. The number of aromatic hydroxyl groups is 1. The highest BCUT2D eigenvalue weighted by Gasteiger charge is 2.42. The van der Waals surface area contributed by atoms with Gasteiger partial charge in [0.2, 0.25) is 5.75 Å². The number of aryl methyl sites for hydroxylation is 1. The third-order valence-corrected chi connectivity index (χ3v) is 6.13. The fourth-order valence-corrected chi connectivity index (χ4v) is 4.35. The van der Waals surface area contributed by atoms with Crippen LogP contribution in [0.4, 0.5) is 0 Å². The van der Waals surface area contributed by atoms with Crippen molar-refractivity contribution < 1.29 is 24.1 Å². The van der Waals surface area contributed by atoms with Crippen LogP contribution >= 0.6 is 11.6 Å². The number of halogens is 1. The minimum Gasteiger partial charge on any atom is -0.507 e. The van der Waals surface area contributed by atoms with Crippen molar-refractivity contribution in [2.75, 3.05) is 27.9 Å². The second-order valence-electron chi connectivity index (χ2n) is 7.59. The van der Waals surface area contributed by atoms with E-state index >= 15 is 0 Å². The van der Waals surface area contributed by atoms with Gasteiger partial charge in [0.1, 0.15) is 17.1 Å². The molecule has 0 aliphatic carbocycles. The van der Waals surface area contributed by atoms with Crippen molar-refractivity contribution in [1.29, 1.82) is 0 Å². The van der Waals surface area contributed by atoms with Crippen molar-refractivity contribution in [1.82, 2.24) is 15.1 Å². The van der Waals surface area contributed by atoms with Crippen LogP contribution in [-0.4, -0.2) is 54.0 Å². The minimum absolute atomic E-state index is 0.0180. The maximum atomic E-state index is 13.3. The lowest BCUT2D eigenvalue weighted by Crippen LogP contribution is -2.29. The normalized spacial score (nSPS) is 14.9. The van der Waals surface area contributed by atoms with Gasteiger partial charge in [-0.25, -0.2) is 0 Å². The van der Waals surface area contributed by atoms with Crippen LogP contribution in [0, 0.1) is 6.92 Å². The number of benzene rings is 2. The van der Waals surface area contributed by atoms with Crippen molar-refractivity contribution in [2.45, 2.75) is 13.0 Å². The Bertz CT molecular complexity index is 1230. The third kappa shape index (κ3) is 3.56. The predicted molar refractivity (Wildman–Crippen MR) is 125 cm³/mol. The molecule has 172 valence electrons. The van der Waals surface area contributed by atoms with Crippen molar-refractivity contribution in [2.24, 2.45) is 0 Å². The van der Waals surface area contributed by atoms with Crippen molar-refractivity contribution in [3.8, 4) is 34.3 Å². The van der Waals surface area contributed by atoms with Gasteiger partial charge in [-0.15, -0.1) is 6.58 Å². The Morgan fingerprint density at radius 3 is 2.42 bits per heavy atom. The summed E-state index contributed by atoms with van der Waals surface area (Å²) in [6, 6.07) is 6.26. The zero-order chi connectivity index (χ0) is 23.9. The van der Waals surface area contributed by atoms with Gasteiger partial charge in [-0.2, -0.15) is 5.10 Å². The summed E-state index contributed by atoms with van der Waals surface area (Å²) in [6.45, 7) is 5.89. The number of hydrogen-bond donors (Lipinski definition) is 2. The number of aromatic nitrogens is 2. The lowest BCUT2D eigenvalue weighted by atomic mass is 9.94. The first-order valence-electron chi connectivity index (χ1n) is 10.2. The van der Waals surface area contributed by atoms with E-state index in [0.717, 1.165) is 11.1 Å². The Morgan fingerprint density at radius 2 is 1.85 bits per heavy atom. The number of hydrogen-bond acceptors (Lipinski definition) is 6. The van der Waals surface area contributed by atoms with Crippen molar-refractivity contribution in [3.63, 3.8) is 0 Å².